The van der Waals surface area contributed by atoms with Crippen LogP contribution in [0.15, 0.2) is 126 Å². The molecule has 1 saturated heterocycles. The minimum absolute atomic E-state index is 0.0537. The van der Waals surface area contributed by atoms with Crippen LogP contribution >= 0.6 is 8.53 Å². The average molecular weight is 920 g/mol. The van der Waals surface area contributed by atoms with Gasteiger partial charge in [0.25, 0.3) is 14.4 Å². The van der Waals surface area contributed by atoms with E-state index in [2.05, 4.69) is 10.3 Å². The van der Waals surface area contributed by atoms with E-state index in [1.165, 1.54) is 16.8 Å². The van der Waals surface area contributed by atoms with Crippen LogP contribution in [-0.2, 0) is 28.9 Å². The third-order valence-corrected chi connectivity index (χ3v) is 12.6. The largest absolute Gasteiger partial charge is 0.497 e. The number of hydrogen-bond donors (Lipinski definition) is 2. The van der Waals surface area contributed by atoms with E-state index >= 15 is 0 Å². The Bertz CT molecular complexity index is 2290. The van der Waals surface area contributed by atoms with Crippen LogP contribution in [0.2, 0.25) is 0 Å². The molecule has 65 heavy (non-hydrogen) atoms. The van der Waals surface area contributed by atoms with E-state index in [0.717, 1.165) is 16.7 Å². The molecule has 1 unspecified atom stereocenters. The lowest BCUT2D eigenvalue weighted by Gasteiger charge is -2.37. The predicted octanol–water partition coefficient (Wildman–Crippen LogP) is 8.24. The van der Waals surface area contributed by atoms with E-state index in [1.54, 1.807) is 44.6 Å². The van der Waals surface area contributed by atoms with Crippen LogP contribution in [0.4, 0.5) is 19.0 Å². The maximum absolute atomic E-state index is 13.7. The molecule has 1 aromatic heterocycles. The first-order chi connectivity index (χ1) is 31.4. The number of aromatic nitrogens is 2. The Morgan fingerprint density at radius 2 is 1.42 bits per heavy atom. The second-order valence-corrected chi connectivity index (χ2v) is 16.3. The van der Waals surface area contributed by atoms with Gasteiger partial charge in [-0.25, -0.2) is 9.46 Å². The Labute approximate surface area is 376 Å². The van der Waals surface area contributed by atoms with E-state index in [0.29, 0.717) is 36.6 Å². The van der Waals surface area contributed by atoms with Crippen molar-refractivity contribution in [1.82, 2.24) is 19.5 Å². The molecule has 346 valence electrons. The van der Waals surface area contributed by atoms with Gasteiger partial charge in [0.1, 0.15) is 35.2 Å². The number of ether oxygens (including phenoxy) is 4. The van der Waals surface area contributed by atoms with Crippen molar-refractivity contribution in [3.05, 3.63) is 154 Å². The molecule has 1 aliphatic heterocycles. The number of carbonyl (C=O) groups is 2. The van der Waals surface area contributed by atoms with Crippen LogP contribution in [0.5, 0.6) is 11.5 Å². The minimum Gasteiger partial charge on any atom is -0.497 e. The fourth-order valence-corrected chi connectivity index (χ4v) is 8.87. The zero-order valence-electron chi connectivity index (χ0n) is 36.5. The maximum Gasteiger partial charge on any atom is 0.471 e. The first kappa shape index (κ1) is 48.8. The van der Waals surface area contributed by atoms with Crippen molar-refractivity contribution >= 4 is 26.2 Å². The molecule has 2 N–H and O–H groups in total. The summed E-state index contributed by atoms with van der Waals surface area (Å²) < 4.78 is 79.6. The molecule has 18 heteroatoms. The van der Waals surface area contributed by atoms with E-state index in [-0.39, 0.29) is 38.4 Å². The van der Waals surface area contributed by atoms with Gasteiger partial charge in [0, 0.05) is 37.8 Å². The summed E-state index contributed by atoms with van der Waals surface area (Å²) >= 11 is 0. The Morgan fingerprint density at radius 1 is 0.831 bits per heavy atom. The van der Waals surface area contributed by atoms with Gasteiger partial charge in [-0.3, -0.25) is 14.2 Å². The highest BCUT2D eigenvalue weighted by molar-refractivity contribution is 7.44. The highest BCUT2D eigenvalue weighted by Gasteiger charge is 2.45. The first-order valence-electron chi connectivity index (χ1n) is 21.2. The molecule has 6 rings (SSSR count). The van der Waals surface area contributed by atoms with Gasteiger partial charge in [-0.1, -0.05) is 86.6 Å². The Hall–Kier alpha value is -5.68. The molecule has 4 atom stereocenters. The number of unbranched alkanes of at least 4 members (excludes halogenated alkanes) is 1. The fourth-order valence-electron chi connectivity index (χ4n) is 7.31. The third kappa shape index (κ3) is 12.4. The predicted molar refractivity (Wildman–Crippen MR) is 239 cm³/mol. The van der Waals surface area contributed by atoms with Gasteiger partial charge in [0.05, 0.1) is 33.5 Å². The van der Waals surface area contributed by atoms with E-state index < -0.39 is 56.2 Å². The number of benzene rings is 4. The molecule has 0 bridgehead atoms. The second kappa shape index (κ2) is 23.0. The standard InChI is InChI=1S/C47H53F3N5O9P/c1-5-54(6-2)65(62-30-14-13-28-51-44(57)47(48,49)50)64-39-31-42(55-29-27-41(53-45(55)58)52-43(56)33-15-9-7-10-16-33)63-40(39)32-61-46(34-17-11-8-12-18-34,35-19-23-37(59-3)24-20-35)36-21-25-38(60-4)26-22-36/h7-12,15-27,29,39-40,42H,5-6,13-14,28,30-32H2,1-4H3,(H,51,57)(H,52,53,56,58)/t39-,40+,42+,65?/m0/s1. The van der Waals surface area contributed by atoms with E-state index in [9.17, 15) is 27.6 Å². The van der Waals surface area contributed by atoms with Crippen molar-refractivity contribution < 1.29 is 50.8 Å². The molecule has 2 heterocycles. The Morgan fingerprint density at radius 3 is 1.97 bits per heavy atom. The average Bonchev–Trinajstić information content (AvgIpc) is 3.72. The molecule has 0 radical (unpaired) electrons. The summed E-state index contributed by atoms with van der Waals surface area (Å²) in [5, 5.41) is 4.56. The lowest BCUT2D eigenvalue weighted by molar-refractivity contribution is -0.173. The number of amides is 2. The number of nitrogens with one attached hydrogen (secondary N) is 2. The van der Waals surface area contributed by atoms with Gasteiger partial charge in [0.2, 0.25) is 0 Å². The lowest BCUT2D eigenvalue weighted by atomic mass is 9.80. The summed E-state index contributed by atoms with van der Waals surface area (Å²) in [6, 6.07) is 35.0. The molecule has 0 aliphatic carbocycles. The maximum atomic E-state index is 13.7. The highest BCUT2D eigenvalue weighted by Crippen LogP contribution is 2.49. The number of alkyl halides is 3. The van der Waals surface area contributed by atoms with Gasteiger partial charge in [-0.15, -0.1) is 0 Å². The van der Waals surface area contributed by atoms with Gasteiger partial charge < -0.3 is 38.6 Å². The minimum atomic E-state index is -4.96. The highest BCUT2D eigenvalue weighted by atomic mass is 31.2. The number of methoxy groups -OCH3 is 2. The summed E-state index contributed by atoms with van der Waals surface area (Å²) in [5.74, 6) is -1.05. The first-order valence-corrected chi connectivity index (χ1v) is 22.3. The van der Waals surface area contributed by atoms with Gasteiger partial charge in [-0.05, 0) is 72.0 Å². The molecule has 4 aromatic carbocycles. The molecular weight excluding hydrogens is 867 g/mol. The normalized spacial score (nSPS) is 16.8. The third-order valence-electron chi connectivity index (χ3n) is 10.7. The summed E-state index contributed by atoms with van der Waals surface area (Å²) in [6.07, 6.45) is -5.11. The quantitative estimate of drug-likeness (QED) is 0.0393. The van der Waals surface area contributed by atoms with Gasteiger partial charge in [-0.2, -0.15) is 18.2 Å². The molecule has 1 aliphatic rings. The molecule has 1 fully saturated rings. The number of anilines is 1. The van der Waals surface area contributed by atoms with Crippen molar-refractivity contribution in [2.24, 2.45) is 0 Å². The van der Waals surface area contributed by atoms with Crippen LogP contribution < -0.4 is 25.8 Å². The molecule has 0 saturated carbocycles. The molecule has 2 amide bonds. The van der Waals surface area contributed by atoms with Crippen molar-refractivity contribution in [2.45, 2.75) is 63.3 Å². The molecular formula is C47H53F3N5O9P. The number of halogens is 3. The summed E-state index contributed by atoms with van der Waals surface area (Å²) in [6.45, 7) is 4.91. The summed E-state index contributed by atoms with van der Waals surface area (Å²) in [4.78, 5) is 42.0. The van der Waals surface area contributed by atoms with Gasteiger partial charge >= 0.3 is 17.8 Å². The van der Waals surface area contributed by atoms with E-state index in [1.807, 2.05) is 103 Å². The lowest BCUT2D eigenvalue weighted by Crippen LogP contribution is -2.38. The van der Waals surface area contributed by atoms with Crippen molar-refractivity contribution in [2.75, 3.05) is 52.4 Å². The fraction of sp³-hybridized carbons (Fsp3) is 0.362. The number of hydrogen-bond acceptors (Lipinski definition) is 11. The topological polar surface area (TPSA) is 152 Å². The zero-order chi connectivity index (χ0) is 46.4. The van der Waals surface area contributed by atoms with Crippen LogP contribution in [-0.4, -0.2) is 91.5 Å². The van der Waals surface area contributed by atoms with Crippen molar-refractivity contribution in [3.63, 3.8) is 0 Å². The number of carbonyl (C=O) groups excluding carboxylic acids is 2. The van der Waals surface area contributed by atoms with Crippen molar-refractivity contribution in [3.8, 4) is 11.5 Å². The van der Waals surface area contributed by atoms with Crippen molar-refractivity contribution in [1.29, 1.82) is 0 Å². The zero-order valence-corrected chi connectivity index (χ0v) is 37.4. The second-order valence-electron chi connectivity index (χ2n) is 14.8. The van der Waals surface area contributed by atoms with E-state index in [4.69, 9.17) is 28.0 Å². The van der Waals surface area contributed by atoms with Crippen LogP contribution in [0, 0.1) is 0 Å². The number of nitrogens with zero attached hydrogens (tertiary/aromatic N) is 3. The Balaban J connectivity index is 1.32. The monoisotopic (exact) mass is 919 g/mol. The Kier molecular flexibility index (Phi) is 17.2. The summed E-state index contributed by atoms with van der Waals surface area (Å²) in [7, 11) is 1.41. The van der Waals surface area contributed by atoms with Crippen LogP contribution in [0.3, 0.4) is 0 Å². The molecule has 14 nitrogen and oxygen atoms in total. The SMILES string of the molecule is CCN(CC)P(OCCCCNC(=O)C(F)(F)F)O[C@H]1C[C@H](n2ccc(NC(=O)c3ccccc3)nc2=O)O[C@@H]1COC(c1ccccc1)(c1ccc(OC)cc1)c1ccc(OC)cc1. The molecule has 5 aromatic rings. The van der Waals surface area contributed by atoms with Crippen LogP contribution in [0.25, 0.3) is 0 Å². The van der Waals surface area contributed by atoms with Gasteiger partial charge in [0.15, 0.2) is 0 Å². The smallest absolute Gasteiger partial charge is 0.471 e. The number of rotatable bonds is 22. The van der Waals surface area contributed by atoms with Crippen LogP contribution in [0.1, 0.15) is 66.4 Å². The summed E-state index contributed by atoms with van der Waals surface area (Å²) in [5.41, 5.74) is 0.902. The molecule has 0 spiro atoms.